The summed E-state index contributed by atoms with van der Waals surface area (Å²) >= 11 is 0. The maximum atomic E-state index is 5.76. The Hall–Kier alpha value is -1.33. The number of likely N-dealkylation sites (N-methyl/N-ethyl adjacent to an activating group) is 1. The van der Waals surface area contributed by atoms with Gasteiger partial charge in [-0.3, -0.25) is 0 Å². The molecule has 0 saturated heterocycles. The zero-order chi connectivity index (χ0) is 11.8. The van der Waals surface area contributed by atoms with E-state index in [-0.39, 0.29) is 0 Å². The van der Waals surface area contributed by atoms with Crippen LogP contribution < -0.4 is 11.1 Å². The Balaban J connectivity index is 2.23. The van der Waals surface area contributed by atoms with Gasteiger partial charge in [0.15, 0.2) is 0 Å². The fraction of sp³-hybridized carbons (Fsp3) is 0.545. The zero-order valence-corrected chi connectivity index (χ0v) is 9.94. The number of nitrogens with one attached hydrogen (secondary N) is 1. The summed E-state index contributed by atoms with van der Waals surface area (Å²) in [4.78, 5) is 6.35. The van der Waals surface area contributed by atoms with Crippen LogP contribution in [0.3, 0.4) is 0 Å². The van der Waals surface area contributed by atoms with Crippen molar-refractivity contribution < 1.29 is 4.74 Å². The Morgan fingerprint density at radius 1 is 1.50 bits per heavy atom. The van der Waals surface area contributed by atoms with Gasteiger partial charge in [-0.1, -0.05) is 0 Å². The molecule has 0 amide bonds. The molecule has 0 aliphatic carbocycles. The Morgan fingerprint density at radius 2 is 2.31 bits per heavy atom. The van der Waals surface area contributed by atoms with Gasteiger partial charge in [0.25, 0.3) is 0 Å². The van der Waals surface area contributed by atoms with Crippen LogP contribution >= 0.6 is 0 Å². The highest BCUT2D eigenvalue weighted by Crippen LogP contribution is 2.11. The molecule has 0 aliphatic rings. The van der Waals surface area contributed by atoms with E-state index in [1.807, 2.05) is 12.1 Å². The van der Waals surface area contributed by atoms with Crippen LogP contribution in [0.4, 0.5) is 11.5 Å². The normalized spacial score (nSPS) is 10.7. The van der Waals surface area contributed by atoms with E-state index < -0.39 is 0 Å². The topological polar surface area (TPSA) is 63.4 Å². The predicted molar refractivity (Wildman–Crippen MR) is 66.5 cm³/mol. The summed E-state index contributed by atoms with van der Waals surface area (Å²) in [6.45, 7) is 3.43. The van der Waals surface area contributed by atoms with Gasteiger partial charge in [-0.2, -0.15) is 0 Å². The Kier molecular flexibility index (Phi) is 5.60. The van der Waals surface area contributed by atoms with Crippen LogP contribution in [0, 0.1) is 0 Å². The second kappa shape index (κ2) is 7.03. The number of nitrogens with zero attached hydrogens (tertiary/aromatic N) is 2. The van der Waals surface area contributed by atoms with Crippen molar-refractivity contribution in [3.8, 4) is 0 Å². The van der Waals surface area contributed by atoms with Crippen molar-refractivity contribution in [3.63, 3.8) is 0 Å². The highest BCUT2D eigenvalue weighted by Gasteiger charge is 2.00. The maximum Gasteiger partial charge on any atom is 0.149 e. The number of nitrogen functional groups attached to an aromatic ring is 1. The molecule has 5 nitrogen and oxygen atoms in total. The van der Waals surface area contributed by atoms with E-state index in [1.165, 1.54) is 0 Å². The molecular weight excluding hydrogens is 204 g/mol. The van der Waals surface area contributed by atoms with Crippen LogP contribution in [0.5, 0.6) is 0 Å². The second-order valence-electron chi connectivity index (χ2n) is 3.66. The Morgan fingerprint density at radius 3 is 3.00 bits per heavy atom. The van der Waals surface area contributed by atoms with E-state index in [0.717, 1.165) is 32.1 Å². The molecule has 3 N–H and O–H groups in total. The average molecular weight is 224 g/mol. The number of rotatable bonds is 7. The lowest BCUT2D eigenvalue weighted by molar-refractivity contribution is 0.163. The van der Waals surface area contributed by atoms with Gasteiger partial charge in [-0.15, -0.1) is 0 Å². The number of hydrogen-bond acceptors (Lipinski definition) is 5. The maximum absolute atomic E-state index is 5.76. The number of pyridine rings is 1. The molecule has 0 aromatic carbocycles. The summed E-state index contributed by atoms with van der Waals surface area (Å²) < 4.78 is 5.00. The highest BCUT2D eigenvalue weighted by atomic mass is 16.5. The fourth-order valence-electron chi connectivity index (χ4n) is 1.29. The summed E-state index contributed by atoms with van der Waals surface area (Å²) in [7, 11) is 3.77. The fourth-order valence-corrected chi connectivity index (χ4v) is 1.29. The number of methoxy groups -OCH3 is 1. The van der Waals surface area contributed by atoms with Crippen molar-refractivity contribution in [2.24, 2.45) is 0 Å². The smallest absolute Gasteiger partial charge is 0.149 e. The number of aromatic nitrogens is 1. The van der Waals surface area contributed by atoms with Crippen molar-refractivity contribution in [1.82, 2.24) is 9.88 Å². The van der Waals surface area contributed by atoms with Gasteiger partial charge in [0.2, 0.25) is 0 Å². The first kappa shape index (κ1) is 12.7. The number of hydrogen-bond donors (Lipinski definition) is 2. The van der Waals surface area contributed by atoms with Crippen molar-refractivity contribution in [1.29, 1.82) is 0 Å². The van der Waals surface area contributed by atoms with Crippen LogP contribution in [0.2, 0.25) is 0 Å². The van der Waals surface area contributed by atoms with Crippen molar-refractivity contribution in [2.45, 2.75) is 0 Å². The molecule has 0 spiro atoms. The van der Waals surface area contributed by atoms with Crippen LogP contribution in [0.15, 0.2) is 18.3 Å². The second-order valence-corrected chi connectivity index (χ2v) is 3.66. The molecule has 0 unspecified atom stereocenters. The van der Waals surface area contributed by atoms with Crippen LogP contribution in [-0.2, 0) is 4.74 Å². The van der Waals surface area contributed by atoms with Crippen molar-refractivity contribution >= 4 is 11.5 Å². The minimum Gasteiger partial charge on any atom is -0.396 e. The SMILES string of the molecule is COCCN(C)CCNc1ncccc1N. The molecule has 0 aliphatic heterocycles. The van der Waals surface area contributed by atoms with Gasteiger partial charge >= 0.3 is 0 Å². The predicted octanol–water partition coefficient (Wildman–Crippen LogP) is 0.654. The van der Waals surface area contributed by atoms with Crippen LogP contribution in [-0.4, -0.2) is 50.3 Å². The number of ether oxygens (including phenoxy) is 1. The minimum absolute atomic E-state index is 0.682. The van der Waals surface area contributed by atoms with Crippen molar-refractivity contribution in [2.75, 3.05) is 51.4 Å². The number of nitrogens with two attached hydrogens (primary N) is 1. The average Bonchev–Trinajstić information content (AvgIpc) is 2.29. The van der Waals surface area contributed by atoms with Crippen LogP contribution in [0.25, 0.3) is 0 Å². The lowest BCUT2D eigenvalue weighted by Crippen LogP contribution is -2.28. The third kappa shape index (κ3) is 4.46. The summed E-state index contributed by atoms with van der Waals surface area (Å²) in [6, 6.07) is 3.66. The standard InChI is InChI=1S/C11H20N4O/c1-15(8-9-16-2)7-6-14-11-10(12)4-3-5-13-11/h3-5H,6-9,12H2,1-2H3,(H,13,14). The minimum atomic E-state index is 0.682. The van der Waals surface area contributed by atoms with E-state index in [0.29, 0.717) is 5.69 Å². The molecule has 1 rings (SSSR count). The molecule has 0 bridgehead atoms. The van der Waals surface area contributed by atoms with Gasteiger partial charge in [-0.05, 0) is 19.2 Å². The molecule has 16 heavy (non-hydrogen) atoms. The summed E-state index contributed by atoms with van der Waals surface area (Å²) in [5, 5.41) is 3.20. The zero-order valence-electron chi connectivity index (χ0n) is 9.94. The van der Waals surface area contributed by atoms with Gasteiger partial charge < -0.3 is 20.7 Å². The lowest BCUT2D eigenvalue weighted by Gasteiger charge is -2.16. The van der Waals surface area contributed by atoms with Crippen molar-refractivity contribution in [3.05, 3.63) is 18.3 Å². The van der Waals surface area contributed by atoms with Gasteiger partial charge in [-0.25, -0.2) is 4.98 Å². The van der Waals surface area contributed by atoms with E-state index in [2.05, 4.69) is 22.2 Å². The van der Waals surface area contributed by atoms with E-state index >= 15 is 0 Å². The Bertz CT molecular complexity index is 306. The quantitative estimate of drug-likeness (QED) is 0.712. The first-order valence-corrected chi connectivity index (χ1v) is 5.36. The van der Waals surface area contributed by atoms with E-state index in [1.54, 1.807) is 13.3 Å². The third-order valence-electron chi connectivity index (χ3n) is 2.30. The van der Waals surface area contributed by atoms with Gasteiger partial charge in [0.05, 0.1) is 12.3 Å². The molecule has 0 atom stereocenters. The monoisotopic (exact) mass is 224 g/mol. The van der Waals surface area contributed by atoms with Crippen LogP contribution in [0.1, 0.15) is 0 Å². The lowest BCUT2D eigenvalue weighted by atomic mass is 10.4. The summed E-state index contributed by atoms with van der Waals surface area (Å²) in [5.41, 5.74) is 6.44. The molecular formula is C11H20N4O. The molecule has 0 radical (unpaired) electrons. The highest BCUT2D eigenvalue weighted by molar-refractivity contribution is 5.60. The molecule has 1 heterocycles. The number of anilines is 2. The first-order valence-electron chi connectivity index (χ1n) is 5.36. The van der Waals surface area contributed by atoms with E-state index in [9.17, 15) is 0 Å². The van der Waals surface area contributed by atoms with E-state index in [4.69, 9.17) is 10.5 Å². The molecule has 0 saturated carbocycles. The van der Waals surface area contributed by atoms with Gasteiger partial charge in [0.1, 0.15) is 5.82 Å². The molecule has 5 heteroatoms. The van der Waals surface area contributed by atoms with Gasteiger partial charge in [0, 0.05) is 32.9 Å². The first-order chi connectivity index (χ1) is 7.74. The molecule has 0 fully saturated rings. The summed E-state index contributed by atoms with van der Waals surface area (Å²) in [6.07, 6.45) is 1.73. The summed E-state index contributed by atoms with van der Waals surface area (Å²) in [5.74, 6) is 0.752. The Labute approximate surface area is 96.6 Å². The molecule has 1 aromatic heterocycles. The largest absolute Gasteiger partial charge is 0.396 e. The molecule has 90 valence electrons. The third-order valence-corrected chi connectivity index (χ3v) is 2.30. The molecule has 1 aromatic rings.